The number of carbonyl (C=O) groups excluding carboxylic acids is 1. The molecule has 0 unspecified atom stereocenters. The summed E-state index contributed by atoms with van der Waals surface area (Å²) in [5.74, 6) is 0.254. The van der Waals surface area contributed by atoms with Crippen LogP contribution in [0.3, 0.4) is 0 Å². The molecule has 0 fully saturated rings. The molecule has 134 valence electrons. The topological polar surface area (TPSA) is 95.2 Å². The maximum atomic E-state index is 12.5. The summed E-state index contributed by atoms with van der Waals surface area (Å²) in [7, 11) is 4.47. The van der Waals surface area contributed by atoms with Crippen LogP contribution in [0, 0.1) is 6.92 Å². The fraction of sp³-hybridized carbons (Fsp3) is 0.222. The van der Waals surface area contributed by atoms with Crippen LogP contribution in [-0.4, -0.2) is 27.1 Å². The van der Waals surface area contributed by atoms with Gasteiger partial charge in [-0.1, -0.05) is 6.07 Å². The van der Waals surface area contributed by atoms with Gasteiger partial charge in [0.1, 0.15) is 11.4 Å². The van der Waals surface area contributed by atoms with E-state index in [4.69, 9.17) is 4.74 Å². The molecule has 0 saturated carbocycles. The number of hydrogen-bond donors (Lipinski definition) is 1. The molecule has 3 aromatic rings. The number of fused-ring (bicyclic) bond motifs is 1. The molecule has 2 aromatic heterocycles. The second kappa shape index (κ2) is 6.47. The number of aromatic nitrogens is 3. The lowest BCUT2D eigenvalue weighted by atomic mass is 10.1. The van der Waals surface area contributed by atoms with Crippen molar-refractivity contribution in [2.75, 3.05) is 12.4 Å². The van der Waals surface area contributed by atoms with E-state index in [0.717, 1.165) is 10.1 Å². The van der Waals surface area contributed by atoms with E-state index in [9.17, 15) is 14.4 Å². The van der Waals surface area contributed by atoms with Crippen LogP contribution in [0.4, 0.5) is 5.69 Å². The predicted molar refractivity (Wildman–Crippen MR) is 97.9 cm³/mol. The molecule has 1 aromatic carbocycles. The number of aryl methyl sites for hydroxylation is 2. The van der Waals surface area contributed by atoms with Crippen LogP contribution in [0.25, 0.3) is 11.0 Å². The second-order valence-electron chi connectivity index (χ2n) is 5.94. The Kier molecular flexibility index (Phi) is 4.33. The zero-order chi connectivity index (χ0) is 19.0. The molecule has 0 atom stereocenters. The minimum absolute atomic E-state index is 0.244. The van der Waals surface area contributed by atoms with Crippen molar-refractivity contribution >= 4 is 22.6 Å². The van der Waals surface area contributed by atoms with Crippen molar-refractivity contribution in [2.24, 2.45) is 14.1 Å². The summed E-state index contributed by atoms with van der Waals surface area (Å²) < 4.78 is 7.51. The van der Waals surface area contributed by atoms with Crippen LogP contribution in [0.5, 0.6) is 5.75 Å². The van der Waals surface area contributed by atoms with Gasteiger partial charge in [0, 0.05) is 19.7 Å². The Morgan fingerprint density at radius 1 is 1.15 bits per heavy atom. The average Bonchev–Trinajstić information content (AvgIpc) is 2.64. The first-order chi connectivity index (χ1) is 12.3. The summed E-state index contributed by atoms with van der Waals surface area (Å²) in [6.45, 7) is 1.88. The third-order valence-corrected chi connectivity index (χ3v) is 4.22. The zero-order valence-electron chi connectivity index (χ0n) is 14.9. The highest BCUT2D eigenvalue weighted by Crippen LogP contribution is 2.20. The summed E-state index contributed by atoms with van der Waals surface area (Å²) in [5, 5.41) is 2.95. The van der Waals surface area contributed by atoms with Crippen LogP contribution in [0.1, 0.15) is 15.9 Å². The van der Waals surface area contributed by atoms with Crippen molar-refractivity contribution in [2.45, 2.75) is 6.92 Å². The lowest BCUT2D eigenvalue weighted by molar-refractivity contribution is 0.102. The predicted octanol–water partition coefficient (Wildman–Crippen LogP) is 1.20. The van der Waals surface area contributed by atoms with E-state index >= 15 is 0 Å². The molecule has 1 amide bonds. The van der Waals surface area contributed by atoms with Crippen molar-refractivity contribution in [3.8, 4) is 5.75 Å². The molecule has 1 N–H and O–H groups in total. The summed E-state index contributed by atoms with van der Waals surface area (Å²) in [6.07, 6.45) is 1.41. The number of nitrogens with one attached hydrogen (secondary N) is 1. The number of benzene rings is 1. The zero-order valence-corrected chi connectivity index (χ0v) is 14.9. The van der Waals surface area contributed by atoms with Crippen LogP contribution in [-0.2, 0) is 14.1 Å². The first-order valence-electron chi connectivity index (χ1n) is 7.85. The Morgan fingerprint density at radius 2 is 1.88 bits per heavy atom. The minimum atomic E-state index is -0.469. The van der Waals surface area contributed by atoms with Crippen molar-refractivity contribution in [1.29, 1.82) is 0 Å². The highest BCUT2D eigenvalue weighted by Gasteiger charge is 2.13. The van der Waals surface area contributed by atoms with Gasteiger partial charge in [0.2, 0.25) is 0 Å². The van der Waals surface area contributed by atoms with Gasteiger partial charge >= 0.3 is 5.69 Å². The first-order valence-corrected chi connectivity index (χ1v) is 7.85. The summed E-state index contributed by atoms with van der Waals surface area (Å²) in [4.78, 5) is 40.9. The molecule has 8 nitrogen and oxygen atoms in total. The molecule has 0 aliphatic rings. The second-order valence-corrected chi connectivity index (χ2v) is 5.94. The summed E-state index contributed by atoms with van der Waals surface area (Å²) in [6, 6.07) is 6.62. The summed E-state index contributed by atoms with van der Waals surface area (Å²) >= 11 is 0. The Labute approximate surface area is 148 Å². The Hall–Kier alpha value is -3.42. The van der Waals surface area contributed by atoms with Crippen LogP contribution in [0.2, 0.25) is 0 Å². The van der Waals surface area contributed by atoms with Gasteiger partial charge < -0.3 is 10.1 Å². The molecular weight excluding hydrogens is 336 g/mol. The molecule has 0 radical (unpaired) electrons. The number of pyridine rings is 1. The fourth-order valence-electron chi connectivity index (χ4n) is 2.70. The highest BCUT2D eigenvalue weighted by molar-refractivity contribution is 6.05. The largest absolute Gasteiger partial charge is 0.496 e. The quantitative estimate of drug-likeness (QED) is 0.763. The molecule has 26 heavy (non-hydrogen) atoms. The third-order valence-electron chi connectivity index (χ3n) is 4.22. The van der Waals surface area contributed by atoms with E-state index in [-0.39, 0.29) is 16.9 Å². The molecule has 0 saturated heterocycles. The van der Waals surface area contributed by atoms with Crippen LogP contribution < -0.4 is 21.3 Å². The normalized spacial score (nSPS) is 10.8. The van der Waals surface area contributed by atoms with Crippen LogP contribution >= 0.6 is 0 Å². The van der Waals surface area contributed by atoms with Gasteiger partial charge in [0.25, 0.3) is 11.5 Å². The molecular formula is C18H18N4O4. The van der Waals surface area contributed by atoms with Gasteiger partial charge in [0.15, 0.2) is 0 Å². The lowest BCUT2D eigenvalue weighted by Gasteiger charge is -2.10. The molecule has 3 rings (SSSR count). The molecule has 0 aliphatic carbocycles. The third kappa shape index (κ3) is 2.85. The van der Waals surface area contributed by atoms with E-state index < -0.39 is 11.2 Å². The minimum Gasteiger partial charge on any atom is -0.496 e. The number of methoxy groups -OCH3 is 1. The Bertz CT molecular complexity index is 1140. The molecule has 0 bridgehead atoms. The number of hydrogen-bond acceptors (Lipinski definition) is 5. The van der Waals surface area contributed by atoms with Gasteiger partial charge in [-0.15, -0.1) is 0 Å². The number of nitrogens with zero attached hydrogens (tertiary/aromatic N) is 3. The molecule has 0 spiro atoms. The average molecular weight is 354 g/mol. The van der Waals surface area contributed by atoms with Crippen LogP contribution in [0.15, 0.2) is 40.1 Å². The molecule has 0 aliphatic heterocycles. The number of ether oxygens (including phenoxy) is 1. The van der Waals surface area contributed by atoms with E-state index in [1.165, 1.54) is 38.0 Å². The number of amides is 1. The molecule has 2 heterocycles. The van der Waals surface area contributed by atoms with Crippen molar-refractivity contribution in [3.05, 3.63) is 62.4 Å². The fourth-order valence-corrected chi connectivity index (χ4v) is 2.70. The van der Waals surface area contributed by atoms with Gasteiger partial charge in [-0.3, -0.25) is 18.7 Å². The van der Waals surface area contributed by atoms with Gasteiger partial charge in [0.05, 0.1) is 24.4 Å². The van der Waals surface area contributed by atoms with Crippen molar-refractivity contribution < 1.29 is 9.53 Å². The van der Waals surface area contributed by atoms with E-state index in [2.05, 4.69) is 10.3 Å². The first kappa shape index (κ1) is 17.4. The van der Waals surface area contributed by atoms with Gasteiger partial charge in [-0.2, -0.15) is 0 Å². The van der Waals surface area contributed by atoms with E-state index in [0.29, 0.717) is 17.0 Å². The Morgan fingerprint density at radius 3 is 2.58 bits per heavy atom. The number of carbonyl (C=O) groups is 1. The van der Waals surface area contributed by atoms with Crippen molar-refractivity contribution in [3.63, 3.8) is 0 Å². The monoisotopic (exact) mass is 354 g/mol. The lowest BCUT2D eigenvalue weighted by Crippen LogP contribution is -2.37. The van der Waals surface area contributed by atoms with E-state index in [1.807, 2.05) is 6.92 Å². The maximum Gasteiger partial charge on any atom is 0.332 e. The maximum absolute atomic E-state index is 12.5. The SMILES string of the molecule is COc1cc(C(=O)Nc2cnc3c(c2)c(=O)n(C)c(=O)n3C)ccc1C. The number of anilines is 1. The summed E-state index contributed by atoms with van der Waals surface area (Å²) in [5.41, 5.74) is 1.02. The number of rotatable bonds is 3. The highest BCUT2D eigenvalue weighted by atomic mass is 16.5. The standard InChI is InChI=1S/C18H18N4O4/c1-10-5-6-11(7-14(10)26-4)16(23)20-12-8-13-15(19-9-12)21(2)18(25)22(3)17(13)24/h5-9H,1-4H3,(H,20,23). The van der Waals surface area contributed by atoms with Gasteiger partial charge in [-0.25, -0.2) is 9.78 Å². The van der Waals surface area contributed by atoms with Gasteiger partial charge in [-0.05, 0) is 30.7 Å². The Balaban J connectivity index is 2.00. The molecule has 8 heteroatoms. The smallest absolute Gasteiger partial charge is 0.332 e. The van der Waals surface area contributed by atoms with E-state index in [1.54, 1.807) is 18.2 Å². The van der Waals surface area contributed by atoms with Crippen molar-refractivity contribution in [1.82, 2.24) is 14.1 Å².